The molecule has 4 rings (SSSR count). The van der Waals surface area contributed by atoms with Gasteiger partial charge in [0.1, 0.15) is 11.6 Å². The zero-order valence-electron chi connectivity index (χ0n) is 13.3. The summed E-state index contributed by atoms with van der Waals surface area (Å²) in [5.74, 6) is 2.64. The lowest BCUT2D eigenvalue weighted by molar-refractivity contribution is 0.241. The Bertz CT molecular complexity index is 816. The van der Waals surface area contributed by atoms with Crippen molar-refractivity contribution in [1.29, 1.82) is 0 Å². The van der Waals surface area contributed by atoms with Crippen LogP contribution in [0, 0.1) is 13.8 Å². The molecule has 0 spiro atoms. The van der Waals surface area contributed by atoms with E-state index in [4.69, 9.17) is 4.52 Å². The van der Waals surface area contributed by atoms with Crippen molar-refractivity contribution in [2.75, 3.05) is 31.1 Å². The number of anilines is 1. The lowest BCUT2D eigenvalue weighted by Crippen LogP contribution is -2.46. The van der Waals surface area contributed by atoms with Gasteiger partial charge in [0, 0.05) is 51.2 Å². The van der Waals surface area contributed by atoms with Crippen LogP contribution in [0.5, 0.6) is 0 Å². The number of rotatable bonds is 3. The Balaban J connectivity index is 1.46. The molecule has 1 aliphatic heterocycles. The minimum atomic E-state index is 0.825. The Kier molecular flexibility index (Phi) is 3.45. The Labute approximate surface area is 133 Å². The van der Waals surface area contributed by atoms with Gasteiger partial charge in [-0.05, 0) is 13.8 Å². The highest BCUT2D eigenvalue weighted by atomic mass is 16.5. The molecule has 23 heavy (non-hydrogen) atoms. The van der Waals surface area contributed by atoms with E-state index in [9.17, 15) is 0 Å². The molecule has 120 valence electrons. The summed E-state index contributed by atoms with van der Waals surface area (Å²) in [4.78, 5) is 9.16. The maximum absolute atomic E-state index is 5.13. The van der Waals surface area contributed by atoms with Gasteiger partial charge in [-0.25, -0.2) is 4.98 Å². The Morgan fingerprint density at radius 2 is 1.96 bits per heavy atom. The molecule has 0 radical (unpaired) electrons. The SMILES string of the molecule is Cc1cc(CN2CCN(c3nccn4c(C)nnc34)CC2)no1. The van der Waals surface area contributed by atoms with E-state index in [0.717, 1.165) is 61.5 Å². The molecule has 0 unspecified atom stereocenters. The number of nitrogens with zero attached hydrogens (tertiary/aromatic N) is 7. The van der Waals surface area contributed by atoms with E-state index in [1.807, 2.05) is 36.7 Å². The predicted octanol–water partition coefficient (Wildman–Crippen LogP) is 1.05. The van der Waals surface area contributed by atoms with Gasteiger partial charge in [0.05, 0.1) is 5.69 Å². The molecule has 0 atom stereocenters. The van der Waals surface area contributed by atoms with Gasteiger partial charge in [-0.3, -0.25) is 9.30 Å². The summed E-state index contributed by atoms with van der Waals surface area (Å²) in [6, 6.07) is 1.99. The molecule has 0 bridgehead atoms. The minimum absolute atomic E-state index is 0.825. The van der Waals surface area contributed by atoms with Gasteiger partial charge in [-0.15, -0.1) is 10.2 Å². The first-order valence-electron chi connectivity index (χ1n) is 7.76. The second-order valence-electron chi connectivity index (χ2n) is 5.88. The Morgan fingerprint density at radius 3 is 2.70 bits per heavy atom. The lowest BCUT2D eigenvalue weighted by Gasteiger charge is -2.34. The molecule has 0 amide bonds. The number of fused-ring (bicyclic) bond motifs is 1. The largest absolute Gasteiger partial charge is 0.361 e. The maximum Gasteiger partial charge on any atom is 0.203 e. The summed E-state index contributed by atoms with van der Waals surface area (Å²) in [6.45, 7) is 8.43. The summed E-state index contributed by atoms with van der Waals surface area (Å²) in [5, 5.41) is 12.5. The van der Waals surface area contributed by atoms with Gasteiger partial charge < -0.3 is 9.42 Å². The van der Waals surface area contributed by atoms with Crippen molar-refractivity contribution in [3.05, 3.63) is 35.7 Å². The number of aryl methyl sites for hydroxylation is 2. The van der Waals surface area contributed by atoms with Crippen molar-refractivity contribution in [2.45, 2.75) is 20.4 Å². The first kappa shape index (κ1) is 14.1. The molecule has 1 aliphatic rings. The van der Waals surface area contributed by atoms with Crippen molar-refractivity contribution >= 4 is 11.5 Å². The average molecular weight is 313 g/mol. The van der Waals surface area contributed by atoms with Crippen molar-refractivity contribution in [2.24, 2.45) is 0 Å². The lowest BCUT2D eigenvalue weighted by atomic mass is 10.3. The van der Waals surface area contributed by atoms with Crippen molar-refractivity contribution < 1.29 is 4.52 Å². The normalized spacial score (nSPS) is 16.3. The molecule has 3 aromatic heterocycles. The van der Waals surface area contributed by atoms with Gasteiger partial charge in [0.2, 0.25) is 5.65 Å². The molecule has 8 heteroatoms. The average Bonchev–Trinajstić information content (AvgIpc) is 3.14. The van der Waals surface area contributed by atoms with Crippen molar-refractivity contribution in [3.8, 4) is 0 Å². The third-order valence-corrected chi connectivity index (χ3v) is 4.21. The summed E-state index contributed by atoms with van der Waals surface area (Å²) >= 11 is 0. The summed E-state index contributed by atoms with van der Waals surface area (Å²) in [5.41, 5.74) is 1.81. The topological polar surface area (TPSA) is 75.6 Å². The first-order chi connectivity index (χ1) is 11.2. The zero-order valence-corrected chi connectivity index (χ0v) is 13.3. The minimum Gasteiger partial charge on any atom is -0.361 e. The quantitative estimate of drug-likeness (QED) is 0.715. The fourth-order valence-corrected chi connectivity index (χ4v) is 2.99. The number of hydrogen-bond donors (Lipinski definition) is 0. The molecule has 4 heterocycles. The number of piperazine rings is 1. The van der Waals surface area contributed by atoms with Gasteiger partial charge in [0.25, 0.3) is 0 Å². The molecule has 0 aromatic carbocycles. The first-order valence-corrected chi connectivity index (χ1v) is 7.76. The molecular weight excluding hydrogens is 294 g/mol. The van der Waals surface area contributed by atoms with Crippen molar-refractivity contribution in [3.63, 3.8) is 0 Å². The van der Waals surface area contributed by atoms with Crippen LogP contribution in [-0.4, -0.2) is 55.8 Å². The Morgan fingerprint density at radius 1 is 1.13 bits per heavy atom. The smallest absolute Gasteiger partial charge is 0.203 e. The van der Waals surface area contributed by atoms with E-state index in [1.54, 1.807) is 0 Å². The van der Waals surface area contributed by atoms with Crippen LogP contribution in [0.3, 0.4) is 0 Å². The fraction of sp³-hybridized carbons (Fsp3) is 0.467. The maximum atomic E-state index is 5.13. The highest BCUT2D eigenvalue weighted by molar-refractivity contribution is 5.63. The number of hydrogen-bond acceptors (Lipinski definition) is 7. The van der Waals surface area contributed by atoms with Gasteiger partial charge in [-0.1, -0.05) is 5.16 Å². The van der Waals surface area contributed by atoms with Crippen LogP contribution in [0.4, 0.5) is 5.82 Å². The second-order valence-corrected chi connectivity index (χ2v) is 5.88. The van der Waals surface area contributed by atoms with E-state index in [0.29, 0.717) is 0 Å². The predicted molar refractivity (Wildman–Crippen MR) is 84.2 cm³/mol. The molecule has 0 aliphatic carbocycles. The molecule has 1 fully saturated rings. The van der Waals surface area contributed by atoms with Crippen LogP contribution >= 0.6 is 0 Å². The van der Waals surface area contributed by atoms with E-state index in [-0.39, 0.29) is 0 Å². The second kappa shape index (κ2) is 5.62. The molecule has 8 nitrogen and oxygen atoms in total. The van der Waals surface area contributed by atoms with Crippen LogP contribution in [-0.2, 0) is 6.54 Å². The summed E-state index contributed by atoms with van der Waals surface area (Å²) < 4.78 is 7.11. The zero-order chi connectivity index (χ0) is 15.8. The van der Waals surface area contributed by atoms with Crippen LogP contribution in [0.2, 0.25) is 0 Å². The fourth-order valence-electron chi connectivity index (χ4n) is 2.99. The van der Waals surface area contributed by atoms with E-state index in [2.05, 4.69) is 30.1 Å². The molecule has 0 saturated carbocycles. The van der Waals surface area contributed by atoms with Crippen LogP contribution in [0.15, 0.2) is 23.0 Å². The highest BCUT2D eigenvalue weighted by Gasteiger charge is 2.21. The van der Waals surface area contributed by atoms with E-state index < -0.39 is 0 Å². The summed E-state index contributed by atoms with van der Waals surface area (Å²) in [6.07, 6.45) is 3.71. The van der Waals surface area contributed by atoms with Crippen molar-refractivity contribution in [1.82, 2.24) is 29.6 Å². The van der Waals surface area contributed by atoms with E-state index >= 15 is 0 Å². The van der Waals surface area contributed by atoms with Crippen LogP contribution < -0.4 is 4.90 Å². The van der Waals surface area contributed by atoms with Gasteiger partial charge in [0.15, 0.2) is 5.82 Å². The third kappa shape index (κ3) is 2.65. The van der Waals surface area contributed by atoms with Gasteiger partial charge in [-0.2, -0.15) is 0 Å². The Hall–Kier alpha value is -2.48. The van der Waals surface area contributed by atoms with E-state index in [1.165, 1.54) is 0 Å². The molecule has 1 saturated heterocycles. The highest BCUT2D eigenvalue weighted by Crippen LogP contribution is 2.19. The van der Waals surface area contributed by atoms with Crippen LogP contribution in [0.25, 0.3) is 5.65 Å². The van der Waals surface area contributed by atoms with Crippen LogP contribution in [0.1, 0.15) is 17.3 Å². The monoisotopic (exact) mass is 313 g/mol. The summed E-state index contributed by atoms with van der Waals surface area (Å²) in [7, 11) is 0. The molecule has 3 aromatic rings. The number of aromatic nitrogens is 5. The van der Waals surface area contributed by atoms with Gasteiger partial charge >= 0.3 is 0 Å². The molecule has 0 N–H and O–H groups in total. The third-order valence-electron chi connectivity index (χ3n) is 4.21. The standard InChI is InChI=1S/C15H19N7O/c1-11-9-13(19-23-11)10-20-5-7-21(8-6-20)14-15-18-17-12(2)22(15)4-3-16-14/h3-4,9H,5-8,10H2,1-2H3. The molecular formula is C15H19N7O.